The number of hydrogen-bond acceptors (Lipinski definition) is 6. The Morgan fingerprint density at radius 1 is 1.10 bits per heavy atom. The number of ether oxygens (including phenoxy) is 4. The zero-order valence-electron chi connectivity index (χ0n) is 18.5. The number of carbonyl (C=O) groups is 2. The second-order valence-electron chi connectivity index (χ2n) is 8.68. The SMILES string of the molecule is CC[C@H]1C[C@H]1[C@H](OC(=O)COC)[C@@H]1C[C@@H]2O[C@@H]2[C@H]1/C=C\C/C=C\CCCC(=O)OC. The van der Waals surface area contributed by atoms with Crippen molar-refractivity contribution in [1.29, 1.82) is 0 Å². The largest absolute Gasteiger partial charge is 0.469 e. The molecule has 0 unspecified atom stereocenters. The van der Waals surface area contributed by atoms with Crippen molar-refractivity contribution in [3.8, 4) is 0 Å². The lowest BCUT2D eigenvalue weighted by molar-refractivity contribution is -0.159. The Morgan fingerprint density at radius 2 is 1.93 bits per heavy atom. The van der Waals surface area contributed by atoms with E-state index in [1.807, 2.05) is 0 Å². The molecule has 0 aromatic heterocycles. The predicted molar refractivity (Wildman–Crippen MR) is 113 cm³/mol. The van der Waals surface area contributed by atoms with Crippen LogP contribution in [-0.2, 0) is 28.5 Å². The molecule has 3 rings (SSSR count). The number of hydrogen-bond donors (Lipinski definition) is 0. The molecular formula is C24H36O6. The lowest BCUT2D eigenvalue weighted by Gasteiger charge is -2.29. The van der Waals surface area contributed by atoms with Gasteiger partial charge in [-0.2, -0.15) is 0 Å². The summed E-state index contributed by atoms with van der Waals surface area (Å²) < 4.78 is 21.4. The molecular weight excluding hydrogens is 384 g/mol. The van der Waals surface area contributed by atoms with Crippen LogP contribution < -0.4 is 0 Å². The van der Waals surface area contributed by atoms with E-state index < -0.39 is 0 Å². The van der Waals surface area contributed by atoms with Gasteiger partial charge in [-0.05, 0) is 43.9 Å². The van der Waals surface area contributed by atoms with Gasteiger partial charge in [0, 0.05) is 25.4 Å². The minimum absolute atomic E-state index is 0.0113. The third kappa shape index (κ3) is 6.17. The Balaban J connectivity index is 1.51. The topological polar surface area (TPSA) is 74.4 Å². The molecule has 0 radical (unpaired) electrons. The predicted octanol–water partition coefficient (Wildman–Crippen LogP) is 3.84. The zero-order chi connectivity index (χ0) is 21.5. The van der Waals surface area contributed by atoms with E-state index in [1.54, 1.807) is 0 Å². The summed E-state index contributed by atoms with van der Waals surface area (Å²) in [5, 5.41) is 0. The summed E-state index contributed by atoms with van der Waals surface area (Å²) in [6, 6.07) is 0. The number of rotatable bonds is 13. The number of unbranched alkanes of at least 4 members (excludes halogenated alkanes) is 1. The van der Waals surface area contributed by atoms with E-state index in [1.165, 1.54) is 14.2 Å². The molecule has 30 heavy (non-hydrogen) atoms. The first kappa shape index (κ1) is 23.0. The maximum absolute atomic E-state index is 12.1. The van der Waals surface area contributed by atoms with Gasteiger partial charge in [0.2, 0.25) is 0 Å². The van der Waals surface area contributed by atoms with E-state index in [4.69, 9.17) is 14.2 Å². The Hall–Kier alpha value is -1.66. The summed E-state index contributed by atoms with van der Waals surface area (Å²) in [5.41, 5.74) is 0. The van der Waals surface area contributed by atoms with E-state index in [9.17, 15) is 9.59 Å². The third-order valence-corrected chi connectivity index (χ3v) is 6.65. The maximum Gasteiger partial charge on any atom is 0.332 e. The van der Waals surface area contributed by atoms with Crippen LogP contribution in [0.5, 0.6) is 0 Å². The molecule has 0 amide bonds. The molecule has 2 aliphatic carbocycles. The standard InChI is InChI=1S/C24H36O6/c1-4-16-13-18(16)23(30-22(26)15-27-2)19-14-20-24(29-20)17(19)11-9-7-5-6-8-10-12-21(25)28-3/h5-6,9,11,16-20,23-24H,4,7-8,10,12-15H2,1-3H3/b6-5-,11-9-/t16-,17-,18+,19+,20-,23-,24+/m0/s1. The van der Waals surface area contributed by atoms with Gasteiger partial charge in [0.1, 0.15) is 12.7 Å². The van der Waals surface area contributed by atoms with Gasteiger partial charge >= 0.3 is 11.9 Å². The summed E-state index contributed by atoms with van der Waals surface area (Å²) >= 11 is 0. The van der Waals surface area contributed by atoms with Crippen molar-refractivity contribution in [1.82, 2.24) is 0 Å². The first-order chi connectivity index (χ1) is 14.6. The van der Waals surface area contributed by atoms with Gasteiger partial charge < -0.3 is 18.9 Å². The van der Waals surface area contributed by atoms with Crippen molar-refractivity contribution in [2.24, 2.45) is 23.7 Å². The normalized spacial score (nSPS) is 32.9. The number of esters is 2. The van der Waals surface area contributed by atoms with Gasteiger partial charge in [-0.15, -0.1) is 0 Å². The molecule has 3 fully saturated rings. The number of methoxy groups -OCH3 is 2. The van der Waals surface area contributed by atoms with E-state index in [-0.39, 0.29) is 30.8 Å². The smallest absolute Gasteiger partial charge is 0.332 e. The van der Waals surface area contributed by atoms with Gasteiger partial charge in [0.05, 0.1) is 19.3 Å². The van der Waals surface area contributed by atoms with Crippen molar-refractivity contribution >= 4 is 11.9 Å². The van der Waals surface area contributed by atoms with Gasteiger partial charge in [0.15, 0.2) is 0 Å². The van der Waals surface area contributed by atoms with E-state index in [0.29, 0.717) is 36.2 Å². The second kappa shape index (κ2) is 11.1. The number of epoxide rings is 1. The van der Waals surface area contributed by atoms with Gasteiger partial charge in [-0.3, -0.25) is 4.79 Å². The average Bonchev–Trinajstić information content (AvgIpc) is 3.65. The fourth-order valence-corrected chi connectivity index (χ4v) is 4.89. The Kier molecular flexibility index (Phi) is 8.51. The molecule has 0 aromatic rings. The summed E-state index contributed by atoms with van der Waals surface area (Å²) in [6.45, 7) is 2.22. The van der Waals surface area contributed by atoms with Crippen LogP contribution in [0.2, 0.25) is 0 Å². The summed E-state index contributed by atoms with van der Waals surface area (Å²) in [6.07, 6.45) is 15.5. The molecule has 0 spiro atoms. The maximum atomic E-state index is 12.1. The molecule has 1 aliphatic heterocycles. The molecule has 2 saturated carbocycles. The van der Waals surface area contributed by atoms with Crippen molar-refractivity contribution in [3.63, 3.8) is 0 Å². The molecule has 3 aliphatic rings. The first-order valence-corrected chi connectivity index (χ1v) is 11.3. The van der Waals surface area contributed by atoms with Crippen LogP contribution in [0.4, 0.5) is 0 Å². The summed E-state index contributed by atoms with van der Waals surface area (Å²) in [4.78, 5) is 23.3. The average molecular weight is 421 g/mol. The molecule has 1 heterocycles. The molecule has 6 heteroatoms. The van der Waals surface area contributed by atoms with Crippen LogP contribution in [-0.4, -0.2) is 51.1 Å². The second-order valence-corrected chi connectivity index (χ2v) is 8.68. The van der Waals surface area contributed by atoms with E-state index in [0.717, 1.165) is 38.5 Å². The highest BCUT2D eigenvalue weighted by atomic mass is 16.6. The quantitative estimate of drug-likeness (QED) is 0.195. The van der Waals surface area contributed by atoms with Crippen molar-refractivity contribution < 1.29 is 28.5 Å². The van der Waals surface area contributed by atoms with E-state index in [2.05, 4.69) is 36.0 Å². The lowest BCUT2D eigenvalue weighted by Crippen LogP contribution is -2.34. The monoisotopic (exact) mass is 420 g/mol. The molecule has 1 saturated heterocycles. The molecule has 0 N–H and O–H groups in total. The number of allylic oxidation sites excluding steroid dienone is 3. The van der Waals surface area contributed by atoms with E-state index >= 15 is 0 Å². The van der Waals surface area contributed by atoms with Crippen LogP contribution in [0.1, 0.15) is 51.9 Å². The lowest BCUT2D eigenvalue weighted by atomic mass is 9.86. The Morgan fingerprint density at radius 3 is 2.63 bits per heavy atom. The first-order valence-electron chi connectivity index (χ1n) is 11.3. The van der Waals surface area contributed by atoms with Crippen LogP contribution >= 0.6 is 0 Å². The molecule has 0 bridgehead atoms. The van der Waals surface area contributed by atoms with Gasteiger partial charge in [0.25, 0.3) is 0 Å². The minimum atomic E-state index is -0.261. The van der Waals surface area contributed by atoms with Crippen molar-refractivity contribution in [2.45, 2.75) is 70.2 Å². The van der Waals surface area contributed by atoms with Gasteiger partial charge in [-0.25, -0.2) is 4.79 Å². The summed E-state index contributed by atoms with van der Waals surface area (Å²) in [7, 11) is 2.94. The molecule has 6 nitrogen and oxygen atoms in total. The fraction of sp³-hybridized carbons (Fsp3) is 0.750. The molecule has 0 aromatic carbocycles. The fourth-order valence-electron chi connectivity index (χ4n) is 4.89. The van der Waals surface area contributed by atoms with Crippen LogP contribution in [0.3, 0.4) is 0 Å². The molecule has 168 valence electrons. The third-order valence-electron chi connectivity index (χ3n) is 6.65. The van der Waals surface area contributed by atoms with Crippen molar-refractivity contribution in [2.75, 3.05) is 20.8 Å². The Bertz CT molecular complexity index is 642. The van der Waals surface area contributed by atoms with Crippen LogP contribution in [0.25, 0.3) is 0 Å². The highest BCUT2D eigenvalue weighted by molar-refractivity contribution is 5.71. The zero-order valence-corrected chi connectivity index (χ0v) is 18.5. The highest BCUT2D eigenvalue weighted by Crippen LogP contribution is 2.55. The number of fused-ring (bicyclic) bond motifs is 1. The van der Waals surface area contributed by atoms with Crippen molar-refractivity contribution in [3.05, 3.63) is 24.3 Å². The summed E-state index contributed by atoms with van der Waals surface area (Å²) in [5.74, 6) is 1.36. The minimum Gasteiger partial charge on any atom is -0.469 e. The molecule has 7 atom stereocenters. The highest BCUT2D eigenvalue weighted by Gasteiger charge is 2.60. The van der Waals surface area contributed by atoms with Crippen LogP contribution in [0, 0.1) is 23.7 Å². The number of carbonyl (C=O) groups excluding carboxylic acids is 2. The van der Waals surface area contributed by atoms with Crippen LogP contribution in [0.15, 0.2) is 24.3 Å². The van der Waals surface area contributed by atoms with Gasteiger partial charge in [-0.1, -0.05) is 37.6 Å². The Labute approximate surface area is 180 Å².